The first-order chi connectivity index (χ1) is 12.5. The van der Waals surface area contributed by atoms with Gasteiger partial charge in [-0.2, -0.15) is 4.98 Å². The molecule has 1 aliphatic heterocycles. The van der Waals surface area contributed by atoms with E-state index < -0.39 is 0 Å². The van der Waals surface area contributed by atoms with Crippen LogP contribution >= 0.6 is 0 Å². The molecule has 2 heterocycles. The number of carbonyl (C=O) groups excluding carboxylic acids is 1. The Morgan fingerprint density at radius 1 is 1.27 bits per heavy atom. The maximum absolute atomic E-state index is 13.2. The molecule has 1 aromatic carbocycles. The Hall–Kier alpha value is -2.17. The molecule has 4 rings (SSSR count). The lowest BCUT2D eigenvalue weighted by Gasteiger charge is -2.41. The molecule has 1 saturated heterocycles. The van der Waals surface area contributed by atoms with Crippen LogP contribution in [0.4, 0.5) is 0 Å². The largest absolute Gasteiger partial charge is 0.340 e. The summed E-state index contributed by atoms with van der Waals surface area (Å²) >= 11 is 0. The fraction of sp³-hybridized carbons (Fsp3) is 0.571. The SMILES string of the molecule is Cc1nc(C2(CC3CC3)CCCN(C(=O)c3ccc(C)c(C)c3)C2)no1. The van der Waals surface area contributed by atoms with E-state index in [1.54, 1.807) is 0 Å². The van der Waals surface area contributed by atoms with Gasteiger partial charge in [0.25, 0.3) is 5.91 Å². The van der Waals surface area contributed by atoms with Gasteiger partial charge in [0.05, 0.1) is 5.41 Å². The monoisotopic (exact) mass is 353 g/mol. The molecule has 5 heteroatoms. The van der Waals surface area contributed by atoms with Crippen LogP contribution < -0.4 is 0 Å². The van der Waals surface area contributed by atoms with Gasteiger partial charge in [0.15, 0.2) is 5.82 Å². The summed E-state index contributed by atoms with van der Waals surface area (Å²) in [6.07, 6.45) is 5.63. The fourth-order valence-corrected chi connectivity index (χ4v) is 4.19. The van der Waals surface area contributed by atoms with Crippen molar-refractivity contribution >= 4 is 5.91 Å². The first-order valence-electron chi connectivity index (χ1n) is 9.64. The third-order valence-corrected chi connectivity index (χ3v) is 6.00. The van der Waals surface area contributed by atoms with Crippen LogP contribution in [0.3, 0.4) is 0 Å². The van der Waals surface area contributed by atoms with Crippen molar-refractivity contribution in [1.82, 2.24) is 15.0 Å². The van der Waals surface area contributed by atoms with Gasteiger partial charge in [0.2, 0.25) is 5.89 Å². The average Bonchev–Trinajstić information content (AvgIpc) is 3.33. The number of piperidine rings is 1. The predicted molar refractivity (Wildman–Crippen MR) is 99.1 cm³/mol. The third-order valence-electron chi connectivity index (χ3n) is 6.00. The Bertz CT molecular complexity index is 824. The van der Waals surface area contributed by atoms with Gasteiger partial charge in [-0.3, -0.25) is 4.79 Å². The van der Waals surface area contributed by atoms with Crippen molar-refractivity contribution in [2.75, 3.05) is 13.1 Å². The van der Waals surface area contributed by atoms with Crippen molar-refractivity contribution in [3.63, 3.8) is 0 Å². The summed E-state index contributed by atoms with van der Waals surface area (Å²) in [5.74, 6) is 2.26. The van der Waals surface area contributed by atoms with E-state index in [2.05, 4.69) is 24.0 Å². The molecule has 0 bridgehead atoms. The predicted octanol–water partition coefficient (Wildman–Crippen LogP) is 3.97. The van der Waals surface area contributed by atoms with E-state index in [0.717, 1.165) is 48.7 Å². The van der Waals surface area contributed by atoms with E-state index in [1.165, 1.54) is 18.4 Å². The molecule has 0 radical (unpaired) electrons. The number of rotatable bonds is 4. The number of hydrogen-bond donors (Lipinski definition) is 0. The van der Waals surface area contributed by atoms with Gasteiger partial charge in [-0.15, -0.1) is 0 Å². The van der Waals surface area contributed by atoms with Gasteiger partial charge in [0, 0.05) is 25.6 Å². The van der Waals surface area contributed by atoms with E-state index in [-0.39, 0.29) is 11.3 Å². The molecule has 0 N–H and O–H groups in total. The lowest BCUT2D eigenvalue weighted by atomic mass is 9.74. The summed E-state index contributed by atoms with van der Waals surface area (Å²) in [6.45, 7) is 7.46. The number of likely N-dealkylation sites (tertiary alicyclic amines) is 1. The van der Waals surface area contributed by atoms with E-state index in [0.29, 0.717) is 12.4 Å². The highest BCUT2D eigenvalue weighted by molar-refractivity contribution is 5.94. The maximum atomic E-state index is 13.2. The number of amides is 1. The van der Waals surface area contributed by atoms with Gasteiger partial charge < -0.3 is 9.42 Å². The molecule has 0 spiro atoms. The Kier molecular flexibility index (Phi) is 4.33. The Labute approximate surface area is 154 Å². The van der Waals surface area contributed by atoms with Gasteiger partial charge >= 0.3 is 0 Å². The van der Waals surface area contributed by atoms with Crippen molar-refractivity contribution in [2.24, 2.45) is 5.92 Å². The molecule has 1 unspecified atom stereocenters. The molecule has 5 nitrogen and oxygen atoms in total. The molecule has 2 aromatic rings. The van der Waals surface area contributed by atoms with Crippen molar-refractivity contribution < 1.29 is 9.32 Å². The fourth-order valence-electron chi connectivity index (χ4n) is 4.19. The molecule has 1 amide bonds. The van der Waals surface area contributed by atoms with Crippen LogP contribution in [0.5, 0.6) is 0 Å². The molecular weight excluding hydrogens is 326 g/mol. The number of carbonyl (C=O) groups is 1. The van der Waals surface area contributed by atoms with Crippen LogP contribution in [-0.2, 0) is 5.41 Å². The van der Waals surface area contributed by atoms with Crippen LogP contribution in [0.2, 0.25) is 0 Å². The molecule has 1 aromatic heterocycles. The van der Waals surface area contributed by atoms with Crippen molar-refractivity contribution in [3.8, 4) is 0 Å². The molecule has 2 aliphatic rings. The zero-order chi connectivity index (χ0) is 18.3. The summed E-state index contributed by atoms with van der Waals surface area (Å²) in [5, 5.41) is 4.26. The van der Waals surface area contributed by atoms with Gasteiger partial charge in [0.1, 0.15) is 0 Å². The Balaban J connectivity index is 1.61. The summed E-state index contributed by atoms with van der Waals surface area (Å²) in [5.41, 5.74) is 2.99. The first-order valence-corrected chi connectivity index (χ1v) is 9.64. The standard InChI is InChI=1S/C21H27N3O2/c1-14-5-8-18(11-15(14)2)19(25)24-10-4-9-21(13-24,12-17-6-7-17)20-22-16(3)26-23-20/h5,8,11,17H,4,6-7,9-10,12-13H2,1-3H3. The van der Waals surface area contributed by atoms with Crippen LogP contribution in [0.25, 0.3) is 0 Å². The van der Waals surface area contributed by atoms with Crippen LogP contribution in [0.15, 0.2) is 22.7 Å². The summed E-state index contributed by atoms with van der Waals surface area (Å²) in [4.78, 5) is 19.7. The van der Waals surface area contributed by atoms with E-state index in [4.69, 9.17) is 4.52 Å². The average molecular weight is 353 g/mol. The minimum absolute atomic E-state index is 0.119. The van der Waals surface area contributed by atoms with Gasteiger partial charge in [-0.05, 0) is 62.3 Å². The number of benzene rings is 1. The first kappa shape index (κ1) is 17.3. The minimum Gasteiger partial charge on any atom is -0.340 e. The normalized spacial score (nSPS) is 23.3. The summed E-state index contributed by atoms with van der Waals surface area (Å²) in [6, 6.07) is 5.99. The molecule has 26 heavy (non-hydrogen) atoms. The summed E-state index contributed by atoms with van der Waals surface area (Å²) < 4.78 is 5.29. The van der Waals surface area contributed by atoms with E-state index in [1.807, 2.05) is 30.0 Å². The second-order valence-corrected chi connectivity index (χ2v) is 8.19. The van der Waals surface area contributed by atoms with Crippen LogP contribution in [-0.4, -0.2) is 34.0 Å². The molecular formula is C21H27N3O2. The zero-order valence-electron chi connectivity index (χ0n) is 15.9. The highest BCUT2D eigenvalue weighted by Crippen LogP contribution is 2.45. The van der Waals surface area contributed by atoms with Crippen molar-refractivity contribution in [1.29, 1.82) is 0 Å². The molecule has 1 saturated carbocycles. The molecule has 138 valence electrons. The second-order valence-electron chi connectivity index (χ2n) is 8.19. The minimum atomic E-state index is -0.160. The molecule has 1 atom stereocenters. The number of aryl methyl sites for hydroxylation is 3. The van der Waals surface area contributed by atoms with Gasteiger partial charge in [-0.1, -0.05) is 24.1 Å². The quantitative estimate of drug-likeness (QED) is 0.834. The topological polar surface area (TPSA) is 59.2 Å². The zero-order valence-corrected chi connectivity index (χ0v) is 15.9. The van der Waals surface area contributed by atoms with Crippen LogP contribution in [0, 0.1) is 26.7 Å². The lowest BCUT2D eigenvalue weighted by Crippen LogP contribution is -2.49. The van der Waals surface area contributed by atoms with E-state index >= 15 is 0 Å². The number of nitrogens with zero attached hydrogens (tertiary/aromatic N) is 3. The molecule has 2 fully saturated rings. The maximum Gasteiger partial charge on any atom is 0.253 e. The third kappa shape index (κ3) is 3.27. The number of aromatic nitrogens is 2. The summed E-state index contributed by atoms with van der Waals surface area (Å²) in [7, 11) is 0. The Morgan fingerprint density at radius 3 is 2.73 bits per heavy atom. The molecule has 1 aliphatic carbocycles. The highest BCUT2D eigenvalue weighted by Gasteiger charge is 2.45. The lowest BCUT2D eigenvalue weighted by molar-refractivity contribution is 0.0607. The van der Waals surface area contributed by atoms with Gasteiger partial charge in [-0.25, -0.2) is 0 Å². The number of hydrogen-bond acceptors (Lipinski definition) is 4. The van der Waals surface area contributed by atoms with Crippen LogP contribution in [0.1, 0.15) is 65.3 Å². The van der Waals surface area contributed by atoms with E-state index in [9.17, 15) is 4.79 Å². The highest BCUT2D eigenvalue weighted by atomic mass is 16.5. The smallest absolute Gasteiger partial charge is 0.253 e. The Morgan fingerprint density at radius 2 is 2.08 bits per heavy atom. The van der Waals surface area contributed by atoms with Crippen molar-refractivity contribution in [3.05, 3.63) is 46.6 Å². The second kappa shape index (κ2) is 6.53. The van der Waals surface area contributed by atoms with Crippen molar-refractivity contribution in [2.45, 2.75) is 58.3 Å².